The van der Waals surface area contributed by atoms with Gasteiger partial charge in [0.2, 0.25) is 0 Å². The summed E-state index contributed by atoms with van der Waals surface area (Å²) in [5, 5.41) is 5.69. The van der Waals surface area contributed by atoms with E-state index >= 15 is 0 Å². The van der Waals surface area contributed by atoms with Gasteiger partial charge >= 0.3 is 0 Å². The molecule has 1 heterocycles. The minimum absolute atomic E-state index is 0.00975. The second-order valence-corrected chi connectivity index (χ2v) is 9.55. The van der Waals surface area contributed by atoms with E-state index in [1.807, 2.05) is 75.4 Å². The Kier molecular flexibility index (Phi) is 7.88. The van der Waals surface area contributed by atoms with E-state index in [2.05, 4.69) is 26.0 Å². The minimum Gasteiger partial charge on any atom is -0.490 e. The third-order valence-corrected chi connectivity index (χ3v) is 5.99. The van der Waals surface area contributed by atoms with Crippen LogP contribution in [0.1, 0.15) is 43.6 Å². The fourth-order valence-corrected chi connectivity index (χ4v) is 4.00. The van der Waals surface area contributed by atoms with Gasteiger partial charge in [0.05, 0.1) is 23.7 Å². The summed E-state index contributed by atoms with van der Waals surface area (Å²) < 4.78 is 14.0. The van der Waals surface area contributed by atoms with Gasteiger partial charge in [-0.3, -0.25) is 4.79 Å². The quantitative estimate of drug-likeness (QED) is 0.225. The van der Waals surface area contributed by atoms with Gasteiger partial charge in [-0.1, -0.05) is 53.5 Å². The molecule has 8 heteroatoms. The zero-order valence-corrected chi connectivity index (χ0v) is 22.0. The van der Waals surface area contributed by atoms with E-state index in [0.29, 0.717) is 46.5 Å². The molecular formula is C27H25BrClN3O3. The highest BCUT2D eigenvalue weighted by Crippen LogP contribution is 2.29. The Morgan fingerprint density at radius 2 is 1.83 bits per heavy atom. The lowest BCUT2D eigenvalue weighted by molar-refractivity contribution is 0.269. The molecule has 0 aliphatic heterocycles. The van der Waals surface area contributed by atoms with Gasteiger partial charge in [0, 0.05) is 15.4 Å². The molecule has 6 nitrogen and oxygen atoms in total. The molecule has 0 bridgehead atoms. The summed E-state index contributed by atoms with van der Waals surface area (Å²) >= 11 is 9.39. The summed E-state index contributed by atoms with van der Waals surface area (Å²) in [6.45, 7) is 6.75. The van der Waals surface area contributed by atoms with Crippen molar-refractivity contribution in [3.63, 3.8) is 0 Å². The van der Waals surface area contributed by atoms with Crippen LogP contribution in [0, 0.1) is 0 Å². The van der Waals surface area contributed by atoms with Crippen LogP contribution in [0.2, 0.25) is 5.02 Å². The molecule has 0 fully saturated rings. The molecule has 3 aromatic carbocycles. The summed E-state index contributed by atoms with van der Waals surface area (Å²) in [4.78, 5) is 17.9. The summed E-state index contributed by atoms with van der Waals surface area (Å²) in [5.41, 5.74) is 2.19. The maximum Gasteiger partial charge on any atom is 0.282 e. The van der Waals surface area contributed by atoms with Crippen molar-refractivity contribution in [1.29, 1.82) is 0 Å². The van der Waals surface area contributed by atoms with Gasteiger partial charge in [0.25, 0.3) is 5.56 Å². The average molecular weight is 555 g/mol. The first-order valence-corrected chi connectivity index (χ1v) is 12.4. The number of hydrogen-bond acceptors (Lipinski definition) is 5. The zero-order chi connectivity index (χ0) is 24.9. The van der Waals surface area contributed by atoms with E-state index in [1.54, 1.807) is 12.3 Å². The first-order valence-electron chi connectivity index (χ1n) is 11.3. The summed E-state index contributed by atoms with van der Waals surface area (Å²) in [5.74, 6) is 1.82. The van der Waals surface area contributed by atoms with Crippen molar-refractivity contribution in [3.05, 3.63) is 97.5 Å². The number of fused-ring (bicyclic) bond motifs is 1. The average Bonchev–Trinajstić information content (AvgIpc) is 2.84. The number of nitrogens with zero attached hydrogens (tertiary/aromatic N) is 3. The molecule has 0 saturated heterocycles. The molecule has 35 heavy (non-hydrogen) atoms. The predicted molar refractivity (Wildman–Crippen MR) is 144 cm³/mol. The Hall–Kier alpha value is -3.16. The van der Waals surface area contributed by atoms with Crippen LogP contribution in [-0.2, 0) is 6.61 Å². The van der Waals surface area contributed by atoms with Crippen molar-refractivity contribution < 1.29 is 9.47 Å². The molecule has 0 saturated carbocycles. The smallest absolute Gasteiger partial charge is 0.282 e. The lowest BCUT2D eigenvalue weighted by Crippen LogP contribution is -2.23. The molecule has 0 amide bonds. The number of rotatable bonds is 8. The summed E-state index contributed by atoms with van der Waals surface area (Å²) in [7, 11) is 0. The normalized spacial score (nSPS) is 11.5. The van der Waals surface area contributed by atoms with Crippen LogP contribution in [0.5, 0.6) is 11.5 Å². The van der Waals surface area contributed by atoms with E-state index in [1.165, 1.54) is 4.68 Å². The van der Waals surface area contributed by atoms with Crippen molar-refractivity contribution in [2.45, 2.75) is 33.3 Å². The Bertz CT molecular complexity index is 1430. The van der Waals surface area contributed by atoms with Gasteiger partial charge in [-0.05, 0) is 66.6 Å². The molecule has 0 aliphatic rings. The van der Waals surface area contributed by atoms with E-state index < -0.39 is 0 Å². The van der Waals surface area contributed by atoms with Crippen molar-refractivity contribution in [2.24, 2.45) is 5.10 Å². The zero-order valence-electron chi connectivity index (χ0n) is 19.7. The van der Waals surface area contributed by atoms with E-state index in [9.17, 15) is 4.79 Å². The predicted octanol–water partition coefficient (Wildman–Crippen LogP) is 6.80. The minimum atomic E-state index is -0.218. The molecule has 4 rings (SSSR count). The molecule has 0 unspecified atom stereocenters. The van der Waals surface area contributed by atoms with Crippen LogP contribution >= 0.6 is 27.5 Å². The second kappa shape index (κ2) is 11.1. The van der Waals surface area contributed by atoms with Gasteiger partial charge in [-0.25, -0.2) is 4.98 Å². The first-order chi connectivity index (χ1) is 16.9. The highest BCUT2D eigenvalue weighted by Gasteiger charge is 2.14. The number of ether oxygens (including phenoxy) is 2. The lowest BCUT2D eigenvalue weighted by Gasteiger charge is -2.13. The monoisotopic (exact) mass is 553 g/mol. The largest absolute Gasteiger partial charge is 0.490 e. The first kappa shape index (κ1) is 24.9. The van der Waals surface area contributed by atoms with E-state index in [4.69, 9.17) is 21.1 Å². The number of hydrogen-bond donors (Lipinski definition) is 0. The maximum atomic E-state index is 13.2. The molecule has 1 aromatic heterocycles. The third kappa shape index (κ3) is 5.92. The molecule has 0 spiro atoms. The fraction of sp³-hybridized carbons (Fsp3) is 0.222. The van der Waals surface area contributed by atoms with Crippen LogP contribution in [0.25, 0.3) is 10.9 Å². The standard InChI is InChI=1S/C27H25BrClN3O3/c1-4-34-25-13-19(7-12-24(25)35-16-18-5-9-21(29)10-6-18)15-30-32-26(17(2)3)31-23-11-8-20(28)14-22(23)27(32)33/h5-15,17H,4,16H2,1-3H3. The highest BCUT2D eigenvalue weighted by atomic mass is 79.9. The second-order valence-electron chi connectivity index (χ2n) is 8.20. The van der Waals surface area contributed by atoms with Gasteiger partial charge in [-0.2, -0.15) is 9.78 Å². The topological polar surface area (TPSA) is 65.7 Å². The van der Waals surface area contributed by atoms with Gasteiger partial charge < -0.3 is 9.47 Å². The van der Waals surface area contributed by atoms with Crippen LogP contribution in [-0.4, -0.2) is 22.5 Å². The molecule has 0 atom stereocenters. The van der Waals surface area contributed by atoms with Gasteiger partial charge in [-0.15, -0.1) is 0 Å². The van der Waals surface area contributed by atoms with Crippen LogP contribution in [0.15, 0.2) is 75.0 Å². The highest BCUT2D eigenvalue weighted by molar-refractivity contribution is 9.10. The van der Waals surface area contributed by atoms with Crippen molar-refractivity contribution in [2.75, 3.05) is 6.61 Å². The molecule has 0 N–H and O–H groups in total. The lowest BCUT2D eigenvalue weighted by atomic mass is 10.2. The van der Waals surface area contributed by atoms with Crippen LogP contribution in [0.3, 0.4) is 0 Å². The van der Waals surface area contributed by atoms with Crippen LogP contribution < -0.4 is 15.0 Å². The molecule has 0 radical (unpaired) electrons. The summed E-state index contributed by atoms with van der Waals surface area (Å²) in [6, 6.07) is 18.5. The Morgan fingerprint density at radius 3 is 2.54 bits per heavy atom. The number of aromatic nitrogens is 2. The van der Waals surface area contributed by atoms with Gasteiger partial charge in [0.1, 0.15) is 12.4 Å². The molecule has 4 aromatic rings. The third-order valence-electron chi connectivity index (χ3n) is 5.25. The molecule has 0 aliphatic carbocycles. The number of halogens is 2. The fourth-order valence-electron chi connectivity index (χ4n) is 3.51. The Labute approximate surface area is 217 Å². The Morgan fingerprint density at radius 1 is 1.06 bits per heavy atom. The number of benzene rings is 3. The van der Waals surface area contributed by atoms with Crippen molar-refractivity contribution in [1.82, 2.24) is 9.66 Å². The van der Waals surface area contributed by atoms with E-state index in [0.717, 1.165) is 15.6 Å². The Balaban J connectivity index is 1.65. The maximum absolute atomic E-state index is 13.2. The SMILES string of the molecule is CCOc1cc(C=Nn2c(C(C)C)nc3ccc(Br)cc3c2=O)ccc1OCc1ccc(Cl)cc1. The van der Waals surface area contributed by atoms with Crippen LogP contribution in [0.4, 0.5) is 0 Å². The van der Waals surface area contributed by atoms with E-state index in [-0.39, 0.29) is 11.5 Å². The molecular weight excluding hydrogens is 530 g/mol. The van der Waals surface area contributed by atoms with Crippen molar-refractivity contribution >= 4 is 44.6 Å². The van der Waals surface area contributed by atoms with Crippen molar-refractivity contribution in [3.8, 4) is 11.5 Å². The van der Waals surface area contributed by atoms with Gasteiger partial charge in [0.15, 0.2) is 11.5 Å². The molecule has 180 valence electrons. The summed E-state index contributed by atoms with van der Waals surface area (Å²) in [6.07, 6.45) is 1.63.